The number of carbonyl (C=O) groups is 2. The number of rotatable bonds is 3. The minimum absolute atomic E-state index is 0.0958. The standard InChI is InChI=1S/C10H19N3O3S/c1-10(2,3)16-9(15)13-6-5-12-8(17)7(14)11-4/h5-6H2,1-4H3,(H,11,14)(H,12,17)(H,13,15). The van der Waals surface area contributed by atoms with Crippen LogP contribution in [0.25, 0.3) is 0 Å². The molecule has 6 nitrogen and oxygen atoms in total. The number of nitrogens with one attached hydrogen (secondary N) is 3. The molecule has 0 fully saturated rings. The Bertz CT molecular complexity index is 300. The van der Waals surface area contributed by atoms with E-state index in [0.29, 0.717) is 13.1 Å². The summed E-state index contributed by atoms with van der Waals surface area (Å²) in [5, 5.41) is 7.63. The average Bonchev–Trinajstić information content (AvgIpc) is 2.20. The van der Waals surface area contributed by atoms with Crippen molar-refractivity contribution in [2.75, 3.05) is 20.1 Å². The molecule has 7 heteroatoms. The Morgan fingerprint density at radius 2 is 1.71 bits per heavy atom. The van der Waals surface area contributed by atoms with E-state index in [2.05, 4.69) is 16.0 Å². The minimum Gasteiger partial charge on any atom is -0.444 e. The molecule has 0 radical (unpaired) electrons. The molecule has 0 aliphatic carbocycles. The highest BCUT2D eigenvalue weighted by atomic mass is 32.1. The molecule has 0 aromatic rings. The van der Waals surface area contributed by atoms with Crippen molar-refractivity contribution in [3.63, 3.8) is 0 Å². The van der Waals surface area contributed by atoms with Gasteiger partial charge in [-0.15, -0.1) is 0 Å². The molecule has 17 heavy (non-hydrogen) atoms. The maximum absolute atomic E-state index is 11.2. The first kappa shape index (κ1) is 15.6. The van der Waals surface area contributed by atoms with Gasteiger partial charge in [-0.25, -0.2) is 4.79 Å². The topological polar surface area (TPSA) is 79.5 Å². The third-order valence-corrected chi connectivity index (χ3v) is 1.84. The first-order valence-corrected chi connectivity index (χ1v) is 5.64. The molecule has 3 N–H and O–H groups in total. The Morgan fingerprint density at radius 3 is 2.18 bits per heavy atom. The molecule has 0 saturated carbocycles. The molecule has 0 atom stereocenters. The van der Waals surface area contributed by atoms with E-state index in [-0.39, 0.29) is 10.9 Å². The van der Waals surface area contributed by atoms with Gasteiger partial charge in [0.05, 0.1) is 0 Å². The molecule has 0 bridgehead atoms. The second-order valence-corrected chi connectivity index (χ2v) is 4.67. The maximum atomic E-state index is 11.2. The summed E-state index contributed by atoms with van der Waals surface area (Å²) in [5.74, 6) is -0.350. The summed E-state index contributed by atoms with van der Waals surface area (Å²) in [6.45, 7) is 6.04. The van der Waals surface area contributed by atoms with Crippen LogP contribution in [0.5, 0.6) is 0 Å². The Morgan fingerprint density at radius 1 is 1.18 bits per heavy atom. The molecule has 98 valence electrons. The van der Waals surface area contributed by atoms with E-state index in [1.807, 2.05) is 0 Å². The molecule has 0 aliphatic rings. The van der Waals surface area contributed by atoms with Crippen LogP contribution in [0, 0.1) is 0 Å². The van der Waals surface area contributed by atoms with E-state index >= 15 is 0 Å². The zero-order valence-corrected chi connectivity index (χ0v) is 11.4. The van der Waals surface area contributed by atoms with Crippen molar-refractivity contribution in [3.05, 3.63) is 0 Å². The van der Waals surface area contributed by atoms with E-state index in [1.165, 1.54) is 7.05 Å². The normalized spacial score (nSPS) is 10.4. The van der Waals surface area contributed by atoms with Crippen LogP contribution in [0.3, 0.4) is 0 Å². The number of hydrogen-bond acceptors (Lipinski definition) is 4. The molecule has 0 heterocycles. The summed E-state index contributed by atoms with van der Waals surface area (Å²) < 4.78 is 5.02. The van der Waals surface area contributed by atoms with Crippen molar-refractivity contribution in [1.82, 2.24) is 16.0 Å². The van der Waals surface area contributed by atoms with Crippen LogP contribution < -0.4 is 16.0 Å². The fraction of sp³-hybridized carbons (Fsp3) is 0.700. The lowest BCUT2D eigenvalue weighted by molar-refractivity contribution is -0.114. The Kier molecular flexibility index (Phi) is 6.48. The first-order chi connectivity index (χ1) is 7.76. The predicted octanol–water partition coefficient (Wildman–Crippen LogP) is 0.174. The van der Waals surface area contributed by atoms with Gasteiger partial charge in [0, 0.05) is 20.1 Å². The molecule has 0 aromatic carbocycles. The first-order valence-electron chi connectivity index (χ1n) is 5.23. The predicted molar refractivity (Wildman–Crippen MR) is 68.9 cm³/mol. The van der Waals surface area contributed by atoms with E-state index in [4.69, 9.17) is 17.0 Å². The van der Waals surface area contributed by atoms with Crippen LogP contribution in [0.15, 0.2) is 0 Å². The van der Waals surface area contributed by atoms with E-state index < -0.39 is 11.7 Å². The van der Waals surface area contributed by atoms with Gasteiger partial charge in [0.2, 0.25) is 0 Å². The number of amides is 2. The summed E-state index contributed by atoms with van der Waals surface area (Å²) in [7, 11) is 1.50. The molecular weight excluding hydrogens is 242 g/mol. The van der Waals surface area contributed by atoms with Gasteiger partial charge in [-0.2, -0.15) is 0 Å². The monoisotopic (exact) mass is 261 g/mol. The van der Waals surface area contributed by atoms with Gasteiger partial charge in [0.15, 0.2) is 4.99 Å². The van der Waals surface area contributed by atoms with Crippen molar-refractivity contribution in [1.29, 1.82) is 0 Å². The van der Waals surface area contributed by atoms with Gasteiger partial charge in [-0.3, -0.25) is 4.79 Å². The lowest BCUT2D eigenvalue weighted by atomic mass is 10.2. The Labute approximate surface area is 106 Å². The maximum Gasteiger partial charge on any atom is 0.407 e. The van der Waals surface area contributed by atoms with Crippen LogP contribution in [-0.4, -0.2) is 42.7 Å². The quantitative estimate of drug-likeness (QED) is 0.499. The lowest BCUT2D eigenvalue weighted by Gasteiger charge is -2.19. The highest BCUT2D eigenvalue weighted by Crippen LogP contribution is 2.05. The van der Waals surface area contributed by atoms with Gasteiger partial charge in [-0.05, 0) is 20.8 Å². The molecule has 0 saturated heterocycles. The summed E-state index contributed by atoms with van der Waals surface area (Å²) >= 11 is 4.78. The second kappa shape index (κ2) is 7.05. The molecular formula is C10H19N3O3S. The van der Waals surface area contributed by atoms with Crippen LogP contribution >= 0.6 is 12.2 Å². The summed E-state index contributed by atoms with van der Waals surface area (Å²) in [4.78, 5) is 22.3. The molecule has 0 aromatic heterocycles. The molecule has 0 aliphatic heterocycles. The van der Waals surface area contributed by atoms with Crippen LogP contribution in [0.2, 0.25) is 0 Å². The van der Waals surface area contributed by atoms with Crippen molar-refractivity contribution in [2.45, 2.75) is 26.4 Å². The fourth-order valence-electron chi connectivity index (χ4n) is 0.849. The molecule has 0 unspecified atom stereocenters. The smallest absolute Gasteiger partial charge is 0.407 e. The largest absolute Gasteiger partial charge is 0.444 e. The van der Waals surface area contributed by atoms with Gasteiger partial charge >= 0.3 is 6.09 Å². The van der Waals surface area contributed by atoms with Crippen LogP contribution in [0.1, 0.15) is 20.8 Å². The summed E-state index contributed by atoms with van der Waals surface area (Å²) in [6.07, 6.45) is -0.495. The van der Waals surface area contributed by atoms with Crippen LogP contribution in [0.4, 0.5) is 4.79 Å². The number of likely N-dealkylation sites (N-methyl/N-ethyl adjacent to an activating group) is 1. The zero-order chi connectivity index (χ0) is 13.5. The van der Waals surface area contributed by atoms with Crippen molar-refractivity contribution in [2.24, 2.45) is 0 Å². The van der Waals surface area contributed by atoms with Gasteiger partial charge in [0.1, 0.15) is 5.60 Å². The average molecular weight is 261 g/mol. The van der Waals surface area contributed by atoms with Crippen molar-refractivity contribution < 1.29 is 14.3 Å². The van der Waals surface area contributed by atoms with Crippen molar-refractivity contribution >= 4 is 29.2 Å². The van der Waals surface area contributed by atoms with E-state index in [9.17, 15) is 9.59 Å². The summed E-state index contributed by atoms with van der Waals surface area (Å²) in [5.41, 5.74) is -0.519. The highest BCUT2D eigenvalue weighted by Gasteiger charge is 2.15. The Balaban J connectivity index is 3.69. The third-order valence-electron chi connectivity index (χ3n) is 1.51. The molecule has 0 rings (SSSR count). The van der Waals surface area contributed by atoms with E-state index in [1.54, 1.807) is 20.8 Å². The van der Waals surface area contributed by atoms with Crippen molar-refractivity contribution in [3.8, 4) is 0 Å². The minimum atomic E-state index is -0.519. The fourth-order valence-corrected chi connectivity index (χ4v) is 1.05. The van der Waals surface area contributed by atoms with Gasteiger partial charge in [0.25, 0.3) is 5.91 Å². The summed E-state index contributed by atoms with van der Waals surface area (Å²) in [6, 6.07) is 0. The third kappa shape index (κ3) is 8.44. The van der Waals surface area contributed by atoms with Gasteiger partial charge < -0.3 is 20.7 Å². The highest BCUT2D eigenvalue weighted by molar-refractivity contribution is 7.82. The number of thiocarbonyl (C=S) groups is 1. The number of hydrogen-bond donors (Lipinski definition) is 3. The zero-order valence-electron chi connectivity index (χ0n) is 10.5. The Hall–Kier alpha value is -1.37. The molecule has 2 amide bonds. The SMILES string of the molecule is CNC(=O)C(=S)NCCNC(=O)OC(C)(C)C. The van der Waals surface area contributed by atoms with Crippen LogP contribution in [-0.2, 0) is 9.53 Å². The second-order valence-electron chi connectivity index (χ2n) is 4.26. The lowest BCUT2D eigenvalue weighted by Crippen LogP contribution is -2.41. The number of ether oxygens (including phenoxy) is 1. The number of alkyl carbamates (subject to hydrolysis) is 1. The molecule has 0 spiro atoms. The number of carbonyl (C=O) groups excluding carboxylic acids is 2. The van der Waals surface area contributed by atoms with Gasteiger partial charge in [-0.1, -0.05) is 12.2 Å². The van der Waals surface area contributed by atoms with E-state index in [0.717, 1.165) is 0 Å².